The van der Waals surface area contributed by atoms with Crippen molar-refractivity contribution in [3.05, 3.63) is 12.2 Å². The van der Waals surface area contributed by atoms with Crippen LogP contribution in [0.4, 0.5) is 0 Å². The third kappa shape index (κ3) is 11.2. The molecule has 0 aliphatic carbocycles. The minimum absolute atomic E-state index is 0. The Hall–Kier alpha value is -0.790. The molecule has 0 aliphatic heterocycles. The third-order valence-corrected chi connectivity index (χ3v) is 1.35. The largest absolute Gasteiger partial charge is 0.462 e. The van der Waals surface area contributed by atoms with Crippen molar-refractivity contribution in [2.45, 2.75) is 54.6 Å². The Morgan fingerprint density at radius 2 is 1.92 bits per heavy atom. The molecule has 0 heterocycles. The Balaban J connectivity index is -0.000000500. The van der Waals surface area contributed by atoms with Gasteiger partial charge >= 0.3 is 5.97 Å². The van der Waals surface area contributed by atoms with Crippen LogP contribution in [0.15, 0.2) is 12.2 Å². The highest BCUT2D eigenvalue weighted by Gasteiger charge is 2.06. The maximum Gasteiger partial charge on any atom is 0.310 e. The summed E-state index contributed by atoms with van der Waals surface area (Å²) in [7, 11) is 0. The summed E-state index contributed by atoms with van der Waals surface area (Å²) in [5.41, 5.74) is 0.846. The zero-order valence-corrected chi connectivity index (χ0v) is 7.52. The first-order chi connectivity index (χ1) is 5.06. The summed E-state index contributed by atoms with van der Waals surface area (Å²) in [5, 5.41) is 0. The van der Waals surface area contributed by atoms with Crippen molar-refractivity contribution >= 4 is 5.97 Å². The van der Waals surface area contributed by atoms with Gasteiger partial charge in [0.1, 0.15) is 0 Å². The van der Waals surface area contributed by atoms with E-state index in [1.54, 1.807) is 0 Å². The Kier molecular flexibility index (Phi) is 12.9. The van der Waals surface area contributed by atoms with Gasteiger partial charge in [0.2, 0.25) is 0 Å². The van der Waals surface area contributed by atoms with Crippen LogP contribution in [-0.4, -0.2) is 12.1 Å². The zero-order valence-electron chi connectivity index (χ0n) is 7.52. The molecule has 0 saturated carbocycles. The highest BCUT2D eigenvalue weighted by molar-refractivity contribution is 5.72. The molecule has 0 aromatic rings. The van der Waals surface area contributed by atoms with Crippen molar-refractivity contribution in [1.29, 1.82) is 0 Å². The normalized spacial score (nSPS) is 10.4. The average molecular weight is 188 g/mol. The monoisotopic (exact) mass is 188 g/mol. The van der Waals surface area contributed by atoms with Crippen LogP contribution >= 0.6 is 0 Å². The Morgan fingerprint density at radius 1 is 1.46 bits per heavy atom. The second-order valence-corrected chi connectivity index (χ2v) is 2.84. The van der Waals surface area contributed by atoms with E-state index in [1.807, 2.05) is 20.8 Å². The summed E-state index contributed by atoms with van der Waals surface area (Å²) in [6.07, 6.45) is 1.23. The minimum atomic E-state index is -0.174. The van der Waals surface area contributed by atoms with E-state index in [9.17, 15) is 4.79 Å². The van der Waals surface area contributed by atoms with Crippen LogP contribution in [0.2, 0.25) is 0 Å². The second kappa shape index (κ2) is 9.30. The van der Waals surface area contributed by atoms with Gasteiger partial charge in [0.25, 0.3) is 0 Å². The number of ether oxygens (including phenoxy) is 1. The lowest BCUT2D eigenvalue weighted by atomic mass is 10.2. The summed E-state index contributed by atoms with van der Waals surface area (Å²) >= 11 is 0. The Labute approximate surface area is 83.0 Å². The van der Waals surface area contributed by atoms with E-state index in [1.165, 1.54) is 0 Å². The first-order valence-electron chi connectivity index (χ1n) is 3.90. The van der Waals surface area contributed by atoms with Crippen LogP contribution in [0.5, 0.6) is 0 Å². The highest BCUT2D eigenvalue weighted by atomic mass is 16.5. The van der Waals surface area contributed by atoms with E-state index >= 15 is 0 Å². The fourth-order valence-electron chi connectivity index (χ4n) is 0.596. The van der Waals surface area contributed by atoms with Crippen molar-refractivity contribution < 1.29 is 9.53 Å². The van der Waals surface area contributed by atoms with Crippen molar-refractivity contribution in [3.8, 4) is 0 Å². The van der Waals surface area contributed by atoms with Gasteiger partial charge in [-0.2, -0.15) is 0 Å². The molecular formula is C11H24O2. The third-order valence-electron chi connectivity index (χ3n) is 1.35. The number of rotatable bonds is 4. The summed E-state index contributed by atoms with van der Waals surface area (Å²) < 4.78 is 5.01. The molecule has 0 bridgehead atoms. The molecule has 0 radical (unpaired) electrons. The molecule has 0 aromatic carbocycles. The second-order valence-electron chi connectivity index (χ2n) is 2.84. The van der Waals surface area contributed by atoms with Crippen molar-refractivity contribution in [3.63, 3.8) is 0 Å². The van der Waals surface area contributed by atoms with E-state index in [0.29, 0.717) is 6.42 Å². The van der Waals surface area contributed by atoms with Gasteiger partial charge in [-0.15, -0.1) is 0 Å². The van der Waals surface area contributed by atoms with Crippen molar-refractivity contribution in [2.75, 3.05) is 0 Å². The van der Waals surface area contributed by atoms with Gasteiger partial charge in [-0.05, 0) is 20.3 Å². The van der Waals surface area contributed by atoms with Gasteiger partial charge in [-0.3, -0.25) is 4.79 Å². The van der Waals surface area contributed by atoms with Crippen molar-refractivity contribution in [2.24, 2.45) is 0 Å². The zero-order chi connectivity index (χ0) is 8.85. The van der Waals surface area contributed by atoms with Crippen LogP contribution in [0, 0.1) is 0 Å². The maximum absolute atomic E-state index is 10.9. The van der Waals surface area contributed by atoms with Crippen LogP contribution in [0.25, 0.3) is 0 Å². The molecule has 1 unspecified atom stereocenters. The molecule has 0 spiro atoms. The lowest BCUT2D eigenvalue weighted by Gasteiger charge is -2.09. The average Bonchev–Trinajstić information content (AvgIpc) is 1.85. The van der Waals surface area contributed by atoms with E-state index < -0.39 is 0 Å². The Bertz CT molecular complexity index is 150. The molecule has 13 heavy (non-hydrogen) atoms. The van der Waals surface area contributed by atoms with Crippen LogP contribution in [-0.2, 0) is 9.53 Å². The van der Waals surface area contributed by atoms with Crippen LogP contribution in [0.3, 0.4) is 0 Å². The molecule has 0 saturated heterocycles. The number of hydrogen-bond acceptors (Lipinski definition) is 2. The lowest BCUT2D eigenvalue weighted by molar-refractivity contribution is -0.147. The van der Waals surface area contributed by atoms with Crippen molar-refractivity contribution in [1.82, 2.24) is 0 Å². The van der Waals surface area contributed by atoms with E-state index in [4.69, 9.17) is 4.74 Å². The SMILES string of the molecule is C.C.C=C(C)CC(=O)OC(C)CC. The number of carbonyl (C=O) groups is 1. The van der Waals surface area contributed by atoms with Gasteiger partial charge in [0.15, 0.2) is 0 Å². The first-order valence-corrected chi connectivity index (χ1v) is 3.90. The summed E-state index contributed by atoms with van der Waals surface area (Å²) in [4.78, 5) is 10.9. The van der Waals surface area contributed by atoms with E-state index in [0.717, 1.165) is 12.0 Å². The molecule has 2 nitrogen and oxygen atoms in total. The molecule has 80 valence electrons. The molecule has 0 rings (SSSR count). The summed E-state index contributed by atoms with van der Waals surface area (Å²) in [6.45, 7) is 9.31. The van der Waals surface area contributed by atoms with E-state index in [-0.39, 0.29) is 26.9 Å². The van der Waals surface area contributed by atoms with Gasteiger partial charge in [-0.1, -0.05) is 33.9 Å². The van der Waals surface area contributed by atoms with Gasteiger partial charge in [0.05, 0.1) is 12.5 Å². The number of esters is 1. The van der Waals surface area contributed by atoms with Gasteiger partial charge < -0.3 is 4.74 Å². The molecule has 2 heteroatoms. The first kappa shape index (κ1) is 18.1. The standard InChI is InChI=1S/C9H16O2.2CH4/c1-5-8(4)11-9(10)6-7(2)3;;/h8H,2,5-6H2,1,3-4H3;2*1H4. The fourth-order valence-corrected chi connectivity index (χ4v) is 0.596. The highest BCUT2D eigenvalue weighted by Crippen LogP contribution is 2.02. The fraction of sp³-hybridized carbons (Fsp3) is 0.727. The molecule has 0 N–H and O–H groups in total. The molecule has 0 amide bonds. The van der Waals surface area contributed by atoms with Crippen LogP contribution < -0.4 is 0 Å². The summed E-state index contributed by atoms with van der Waals surface area (Å²) in [6, 6.07) is 0. The summed E-state index contributed by atoms with van der Waals surface area (Å²) in [5.74, 6) is -0.174. The molecule has 0 aliphatic rings. The van der Waals surface area contributed by atoms with Gasteiger partial charge in [0, 0.05) is 0 Å². The smallest absolute Gasteiger partial charge is 0.310 e. The molecule has 0 fully saturated rings. The topological polar surface area (TPSA) is 26.3 Å². The predicted molar refractivity (Wildman–Crippen MR) is 58.7 cm³/mol. The molecular weight excluding hydrogens is 164 g/mol. The van der Waals surface area contributed by atoms with Gasteiger partial charge in [-0.25, -0.2) is 0 Å². The number of carbonyl (C=O) groups excluding carboxylic acids is 1. The lowest BCUT2D eigenvalue weighted by Crippen LogP contribution is -2.13. The maximum atomic E-state index is 10.9. The Morgan fingerprint density at radius 3 is 2.23 bits per heavy atom. The number of hydrogen-bond donors (Lipinski definition) is 0. The minimum Gasteiger partial charge on any atom is -0.462 e. The molecule has 0 aromatic heterocycles. The quantitative estimate of drug-likeness (QED) is 0.498. The van der Waals surface area contributed by atoms with Crippen LogP contribution in [0.1, 0.15) is 48.5 Å². The molecule has 1 atom stereocenters. The predicted octanol–water partition coefficient (Wildman–Crippen LogP) is 3.57. The van der Waals surface area contributed by atoms with E-state index in [2.05, 4.69) is 6.58 Å².